The van der Waals surface area contributed by atoms with Gasteiger partial charge in [0.2, 0.25) is 0 Å². The van der Waals surface area contributed by atoms with Gasteiger partial charge in [0.05, 0.1) is 4.01 Å². The van der Waals surface area contributed by atoms with E-state index in [0.717, 1.165) is 0 Å². The summed E-state index contributed by atoms with van der Waals surface area (Å²) < 4.78 is 4.14. The Morgan fingerprint density at radius 2 is 0.925 bits per heavy atom. The second kappa shape index (κ2) is 8.50. The van der Waals surface area contributed by atoms with E-state index in [1.54, 1.807) is 0 Å². The molecule has 0 saturated heterocycles. The van der Waals surface area contributed by atoms with Crippen LogP contribution < -0.4 is 0 Å². The largest absolute Gasteiger partial charge is 0.124 e. The fourth-order valence-corrected chi connectivity index (χ4v) is 9.23. The molecule has 2 heteroatoms. The number of fused-ring (bicyclic) bond motifs is 8. The van der Waals surface area contributed by atoms with Gasteiger partial charge in [0.25, 0.3) is 0 Å². The number of rotatable bonds is 2. The molecular weight excluding hydrogens is 521 g/mol. The predicted molar refractivity (Wildman–Crippen MR) is 178 cm³/mol. The third-order valence-corrected chi connectivity index (χ3v) is 10.7. The van der Waals surface area contributed by atoms with Crippen molar-refractivity contribution in [1.29, 1.82) is 0 Å². The van der Waals surface area contributed by atoms with E-state index < -0.39 is 0 Å². The quantitative estimate of drug-likeness (QED) is 0.191. The van der Waals surface area contributed by atoms with Crippen LogP contribution in [0.15, 0.2) is 133 Å². The highest BCUT2D eigenvalue weighted by atomic mass is 32.2. The van der Waals surface area contributed by atoms with E-state index in [4.69, 9.17) is 0 Å². The molecule has 9 aromatic rings. The lowest BCUT2D eigenvalue weighted by molar-refractivity contribution is 1.69. The van der Waals surface area contributed by atoms with Crippen molar-refractivity contribution in [3.63, 3.8) is 0 Å². The van der Waals surface area contributed by atoms with E-state index in [9.17, 15) is 0 Å². The average Bonchev–Trinajstić information content (AvgIpc) is 3.55. The van der Waals surface area contributed by atoms with Gasteiger partial charge in [-0.25, -0.2) is 0 Å². The van der Waals surface area contributed by atoms with Crippen LogP contribution in [0, 0.1) is 0 Å². The third kappa shape index (κ3) is 3.12. The standard InChI is InChI=1S/C38H22S2/c1-2-12-25-23(10-1)11-9-18-26(25)36-29-15-5-3-13-27(29)35(28-14-4-6-16-30(28)36)24-20-21-32-34(22-24)40-38-37(32)31-17-7-8-19-33(31)39-38/h1-22H. The first-order chi connectivity index (χ1) is 19.8. The first kappa shape index (κ1) is 22.3. The first-order valence-corrected chi connectivity index (χ1v) is 15.2. The third-order valence-electron chi connectivity index (χ3n) is 8.30. The van der Waals surface area contributed by atoms with Gasteiger partial charge in [-0.3, -0.25) is 0 Å². The van der Waals surface area contributed by atoms with Crippen molar-refractivity contribution in [3.8, 4) is 22.3 Å². The van der Waals surface area contributed by atoms with Gasteiger partial charge in [0, 0.05) is 25.6 Å². The summed E-state index contributed by atoms with van der Waals surface area (Å²) in [6, 6.07) is 49.3. The molecule has 0 N–H and O–H groups in total. The molecule has 0 atom stereocenters. The summed E-state index contributed by atoms with van der Waals surface area (Å²) in [6.45, 7) is 0. The van der Waals surface area contributed by atoms with Gasteiger partial charge in [0.1, 0.15) is 0 Å². The molecule has 0 aliphatic rings. The molecule has 0 spiro atoms. The molecule has 2 aromatic heterocycles. The van der Waals surface area contributed by atoms with Crippen LogP contribution in [0.2, 0.25) is 0 Å². The number of benzene rings is 7. The molecule has 40 heavy (non-hydrogen) atoms. The SMILES string of the molecule is c1ccc2c(-c3c4ccccc4c(-c4ccc5c(c4)sc4sc6ccccc6c45)c4ccccc34)cccc2c1. The summed E-state index contributed by atoms with van der Waals surface area (Å²) in [6.07, 6.45) is 0. The molecule has 0 nitrogen and oxygen atoms in total. The van der Waals surface area contributed by atoms with Crippen LogP contribution in [0.25, 0.3) is 84.1 Å². The highest BCUT2D eigenvalue weighted by molar-refractivity contribution is 7.44. The normalized spacial score (nSPS) is 12.0. The van der Waals surface area contributed by atoms with E-state index in [-0.39, 0.29) is 0 Å². The summed E-state index contributed by atoms with van der Waals surface area (Å²) in [5.74, 6) is 0. The van der Waals surface area contributed by atoms with Gasteiger partial charge in [0.15, 0.2) is 0 Å². The Kier molecular flexibility index (Phi) is 4.74. The monoisotopic (exact) mass is 542 g/mol. The summed E-state index contributed by atoms with van der Waals surface area (Å²) >= 11 is 3.84. The molecule has 7 aromatic carbocycles. The maximum atomic E-state index is 2.42. The van der Waals surface area contributed by atoms with E-state index >= 15 is 0 Å². The lowest BCUT2D eigenvalue weighted by atomic mass is 9.84. The highest BCUT2D eigenvalue weighted by Crippen LogP contribution is 2.48. The maximum absolute atomic E-state index is 2.42. The summed E-state index contributed by atoms with van der Waals surface area (Å²) in [5.41, 5.74) is 5.20. The van der Waals surface area contributed by atoms with Crippen LogP contribution in [-0.4, -0.2) is 0 Å². The van der Waals surface area contributed by atoms with Crippen molar-refractivity contribution in [2.24, 2.45) is 0 Å². The first-order valence-electron chi connectivity index (χ1n) is 13.6. The van der Waals surface area contributed by atoms with E-state index in [1.165, 1.54) is 84.1 Å². The molecular formula is C38H22S2. The van der Waals surface area contributed by atoms with Crippen molar-refractivity contribution < 1.29 is 0 Å². The summed E-state index contributed by atoms with van der Waals surface area (Å²) in [4.78, 5) is 0. The topological polar surface area (TPSA) is 0 Å². The molecule has 9 rings (SSSR count). The summed E-state index contributed by atoms with van der Waals surface area (Å²) in [7, 11) is 0. The van der Waals surface area contributed by atoms with Crippen LogP contribution in [0.5, 0.6) is 0 Å². The zero-order valence-electron chi connectivity index (χ0n) is 21.5. The Balaban J connectivity index is 1.38. The molecule has 0 amide bonds. The number of hydrogen-bond donors (Lipinski definition) is 0. The number of hydrogen-bond acceptors (Lipinski definition) is 2. The van der Waals surface area contributed by atoms with Crippen molar-refractivity contribution in [1.82, 2.24) is 0 Å². The maximum Gasteiger partial charge on any atom is 0.0890 e. The minimum atomic E-state index is 1.27. The fourth-order valence-electron chi connectivity index (χ4n) is 6.59. The lowest BCUT2D eigenvalue weighted by Crippen LogP contribution is -1.91. The van der Waals surface area contributed by atoms with Crippen LogP contribution in [-0.2, 0) is 0 Å². The van der Waals surface area contributed by atoms with Crippen LogP contribution in [0.4, 0.5) is 0 Å². The van der Waals surface area contributed by atoms with Gasteiger partial charge in [-0.15, -0.1) is 22.7 Å². The number of thiophene rings is 2. The second-order valence-electron chi connectivity index (χ2n) is 10.4. The summed E-state index contributed by atoms with van der Waals surface area (Å²) in [5, 5.41) is 11.9. The van der Waals surface area contributed by atoms with Gasteiger partial charge in [-0.1, -0.05) is 121 Å². The van der Waals surface area contributed by atoms with Crippen molar-refractivity contribution in [3.05, 3.63) is 133 Å². The van der Waals surface area contributed by atoms with E-state index in [0.29, 0.717) is 0 Å². The molecule has 0 fully saturated rings. The molecule has 0 aliphatic carbocycles. The van der Waals surface area contributed by atoms with Crippen molar-refractivity contribution in [2.45, 2.75) is 0 Å². The molecule has 0 radical (unpaired) electrons. The molecule has 0 bridgehead atoms. The minimum Gasteiger partial charge on any atom is -0.124 e. The highest BCUT2D eigenvalue weighted by Gasteiger charge is 2.19. The predicted octanol–water partition coefficient (Wildman–Crippen LogP) is 12.1. The fraction of sp³-hybridized carbons (Fsp3) is 0. The average molecular weight is 543 g/mol. The Hall–Kier alpha value is -4.50. The van der Waals surface area contributed by atoms with Crippen LogP contribution >= 0.6 is 22.7 Å². The van der Waals surface area contributed by atoms with E-state index in [1.807, 2.05) is 22.7 Å². The zero-order chi connectivity index (χ0) is 26.2. The Bertz CT molecular complexity index is 2370. The zero-order valence-corrected chi connectivity index (χ0v) is 23.2. The van der Waals surface area contributed by atoms with Crippen molar-refractivity contribution >= 4 is 84.6 Å². The van der Waals surface area contributed by atoms with Gasteiger partial charge in [-0.05, 0) is 66.7 Å². The van der Waals surface area contributed by atoms with Gasteiger partial charge < -0.3 is 0 Å². The Labute approximate surface area is 239 Å². The van der Waals surface area contributed by atoms with Crippen LogP contribution in [0.1, 0.15) is 0 Å². The van der Waals surface area contributed by atoms with Gasteiger partial charge in [-0.2, -0.15) is 0 Å². The minimum absolute atomic E-state index is 1.27. The van der Waals surface area contributed by atoms with Gasteiger partial charge >= 0.3 is 0 Å². The molecule has 0 unspecified atom stereocenters. The van der Waals surface area contributed by atoms with Crippen molar-refractivity contribution in [2.75, 3.05) is 0 Å². The Morgan fingerprint density at radius 3 is 1.68 bits per heavy atom. The molecule has 186 valence electrons. The van der Waals surface area contributed by atoms with E-state index in [2.05, 4.69) is 133 Å². The molecule has 0 saturated carbocycles. The lowest BCUT2D eigenvalue weighted by Gasteiger charge is -2.18. The van der Waals surface area contributed by atoms with Crippen LogP contribution in [0.3, 0.4) is 0 Å². The molecule has 2 heterocycles. The smallest absolute Gasteiger partial charge is 0.0890 e. The molecule has 0 aliphatic heterocycles. The second-order valence-corrected chi connectivity index (χ2v) is 12.8. The Morgan fingerprint density at radius 1 is 0.375 bits per heavy atom.